The van der Waals surface area contributed by atoms with Crippen LogP contribution in [0.4, 0.5) is 8.78 Å². The zero-order valence-corrected chi connectivity index (χ0v) is 19.3. The number of benzene rings is 1. The van der Waals surface area contributed by atoms with Crippen molar-refractivity contribution in [3.05, 3.63) is 34.9 Å². The number of carbonyl (C=O) groups is 1. The molecule has 0 N–H and O–H groups in total. The molecule has 0 aromatic heterocycles. The van der Waals surface area contributed by atoms with Crippen molar-refractivity contribution >= 4 is 6.29 Å². The standard InChI is InChI=1S/C28H40F2O/c1-2-3-19-4-10-23(11-5-19)25-16-17-26(28(30)27(25)29)24-14-12-22(13-15-24)21-8-6-20(18-31)7-9-21/h16-24H,2-15H2,1H3. The summed E-state index contributed by atoms with van der Waals surface area (Å²) in [6, 6.07) is 3.82. The number of aldehydes is 1. The minimum Gasteiger partial charge on any atom is -0.303 e. The van der Waals surface area contributed by atoms with Crippen LogP contribution < -0.4 is 0 Å². The van der Waals surface area contributed by atoms with Gasteiger partial charge in [-0.3, -0.25) is 0 Å². The fourth-order valence-corrected chi connectivity index (χ4v) is 7.03. The molecule has 1 nitrogen and oxygen atoms in total. The molecule has 0 saturated heterocycles. The van der Waals surface area contributed by atoms with Crippen LogP contribution in [0.15, 0.2) is 12.1 Å². The van der Waals surface area contributed by atoms with Crippen LogP contribution in [-0.4, -0.2) is 6.29 Å². The monoisotopic (exact) mass is 430 g/mol. The molecule has 31 heavy (non-hydrogen) atoms. The first-order chi connectivity index (χ1) is 15.1. The highest BCUT2D eigenvalue weighted by Gasteiger charge is 2.33. The molecule has 0 unspecified atom stereocenters. The Hall–Kier alpha value is -1.25. The van der Waals surface area contributed by atoms with Gasteiger partial charge in [-0.25, -0.2) is 8.78 Å². The summed E-state index contributed by atoms with van der Waals surface area (Å²) >= 11 is 0. The van der Waals surface area contributed by atoms with Crippen molar-refractivity contribution in [2.24, 2.45) is 23.7 Å². The van der Waals surface area contributed by atoms with Crippen molar-refractivity contribution in [2.45, 2.75) is 109 Å². The average molecular weight is 431 g/mol. The van der Waals surface area contributed by atoms with Crippen LogP contribution in [0.2, 0.25) is 0 Å². The largest absolute Gasteiger partial charge is 0.303 e. The van der Waals surface area contributed by atoms with Crippen LogP contribution >= 0.6 is 0 Å². The van der Waals surface area contributed by atoms with Crippen molar-refractivity contribution in [1.82, 2.24) is 0 Å². The lowest BCUT2D eigenvalue weighted by Crippen LogP contribution is -2.26. The van der Waals surface area contributed by atoms with E-state index in [4.69, 9.17) is 0 Å². The summed E-state index contributed by atoms with van der Waals surface area (Å²) in [5.74, 6) is 1.69. The van der Waals surface area contributed by atoms with Gasteiger partial charge in [-0.1, -0.05) is 31.9 Å². The van der Waals surface area contributed by atoms with E-state index in [1.54, 1.807) is 0 Å². The Morgan fingerprint density at radius 1 is 0.742 bits per heavy atom. The number of hydrogen-bond acceptors (Lipinski definition) is 1. The van der Waals surface area contributed by atoms with Crippen LogP contribution in [-0.2, 0) is 4.79 Å². The maximum absolute atomic E-state index is 15.1. The van der Waals surface area contributed by atoms with Crippen LogP contribution in [0.1, 0.15) is 120 Å². The molecule has 3 saturated carbocycles. The van der Waals surface area contributed by atoms with Crippen molar-refractivity contribution in [3.8, 4) is 0 Å². The number of carbonyl (C=O) groups excluding carboxylic acids is 1. The highest BCUT2D eigenvalue weighted by atomic mass is 19.2. The van der Waals surface area contributed by atoms with Crippen molar-refractivity contribution < 1.29 is 13.6 Å². The third kappa shape index (κ3) is 5.22. The first-order valence-corrected chi connectivity index (χ1v) is 13.0. The molecule has 3 aliphatic carbocycles. The summed E-state index contributed by atoms with van der Waals surface area (Å²) in [6.07, 6.45) is 16.5. The topological polar surface area (TPSA) is 17.1 Å². The molecular formula is C28H40F2O. The average Bonchev–Trinajstić information content (AvgIpc) is 2.82. The smallest absolute Gasteiger partial charge is 0.162 e. The summed E-state index contributed by atoms with van der Waals surface area (Å²) in [6.45, 7) is 2.23. The molecule has 0 heterocycles. The van der Waals surface area contributed by atoms with Gasteiger partial charge in [0.15, 0.2) is 11.6 Å². The molecule has 0 spiro atoms. The molecule has 0 amide bonds. The Kier molecular flexibility index (Phi) is 7.82. The molecule has 0 aliphatic heterocycles. The second-order valence-electron chi connectivity index (χ2n) is 10.8. The summed E-state index contributed by atoms with van der Waals surface area (Å²) in [5, 5.41) is 0. The zero-order chi connectivity index (χ0) is 21.8. The SMILES string of the molecule is CCCC1CCC(c2ccc(C3CCC(C4CCC(C=O)CC4)CC3)c(F)c2F)CC1. The second kappa shape index (κ2) is 10.6. The maximum Gasteiger partial charge on any atom is 0.162 e. The molecule has 3 aliphatic rings. The van der Waals surface area contributed by atoms with Gasteiger partial charge >= 0.3 is 0 Å². The van der Waals surface area contributed by atoms with E-state index < -0.39 is 11.6 Å². The van der Waals surface area contributed by atoms with E-state index in [-0.39, 0.29) is 17.8 Å². The van der Waals surface area contributed by atoms with E-state index in [1.807, 2.05) is 12.1 Å². The molecule has 0 radical (unpaired) electrons. The van der Waals surface area contributed by atoms with Crippen molar-refractivity contribution in [3.63, 3.8) is 0 Å². The quantitative estimate of drug-likeness (QED) is 0.415. The first-order valence-electron chi connectivity index (χ1n) is 13.0. The molecule has 0 atom stereocenters. The van der Waals surface area contributed by atoms with Crippen LogP contribution in [0, 0.1) is 35.3 Å². The van der Waals surface area contributed by atoms with E-state index in [2.05, 4.69) is 6.92 Å². The lowest BCUT2D eigenvalue weighted by Gasteiger charge is -2.37. The zero-order valence-electron chi connectivity index (χ0n) is 19.3. The predicted octanol–water partition coefficient (Wildman–Crippen LogP) is 8.32. The van der Waals surface area contributed by atoms with Crippen LogP contribution in [0.25, 0.3) is 0 Å². The van der Waals surface area contributed by atoms with Gasteiger partial charge in [0.1, 0.15) is 6.29 Å². The molecule has 1 aromatic rings. The number of hydrogen-bond donors (Lipinski definition) is 0. The maximum atomic E-state index is 15.1. The summed E-state index contributed by atoms with van der Waals surface area (Å²) in [4.78, 5) is 11.0. The van der Waals surface area contributed by atoms with Gasteiger partial charge in [-0.2, -0.15) is 0 Å². The van der Waals surface area contributed by atoms with Gasteiger partial charge in [-0.15, -0.1) is 0 Å². The number of halogens is 2. The first kappa shape index (κ1) is 22.9. The van der Waals surface area contributed by atoms with Crippen molar-refractivity contribution in [2.75, 3.05) is 0 Å². The fraction of sp³-hybridized carbons (Fsp3) is 0.750. The van der Waals surface area contributed by atoms with Gasteiger partial charge in [0.2, 0.25) is 0 Å². The van der Waals surface area contributed by atoms with E-state index in [1.165, 1.54) is 12.8 Å². The second-order valence-corrected chi connectivity index (χ2v) is 10.8. The summed E-state index contributed by atoms with van der Waals surface area (Å²) in [7, 11) is 0. The molecular weight excluding hydrogens is 390 g/mol. The Labute approximate surface area is 187 Å². The lowest BCUT2D eigenvalue weighted by molar-refractivity contribution is -0.112. The summed E-state index contributed by atoms with van der Waals surface area (Å²) in [5.41, 5.74) is 1.24. The van der Waals surface area contributed by atoms with E-state index in [0.29, 0.717) is 17.0 Å². The van der Waals surface area contributed by atoms with Gasteiger partial charge in [0.25, 0.3) is 0 Å². The Morgan fingerprint density at radius 2 is 1.19 bits per heavy atom. The van der Waals surface area contributed by atoms with Crippen LogP contribution in [0.5, 0.6) is 0 Å². The summed E-state index contributed by atoms with van der Waals surface area (Å²) < 4.78 is 30.2. The predicted molar refractivity (Wildman–Crippen MR) is 122 cm³/mol. The fourth-order valence-electron chi connectivity index (χ4n) is 7.03. The minimum atomic E-state index is -0.567. The van der Waals surface area contributed by atoms with Crippen LogP contribution in [0.3, 0.4) is 0 Å². The van der Waals surface area contributed by atoms with Gasteiger partial charge in [-0.05, 0) is 118 Å². The Bertz CT molecular complexity index is 721. The van der Waals surface area contributed by atoms with E-state index in [9.17, 15) is 4.79 Å². The molecule has 3 fully saturated rings. The highest BCUT2D eigenvalue weighted by molar-refractivity contribution is 5.53. The molecule has 1 aromatic carbocycles. The lowest BCUT2D eigenvalue weighted by atomic mass is 9.68. The number of rotatable bonds is 6. The van der Waals surface area contributed by atoms with Gasteiger partial charge < -0.3 is 4.79 Å². The minimum absolute atomic E-state index is 0.159. The third-order valence-corrected chi connectivity index (χ3v) is 9.01. The molecule has 3 heteroatoms. The van der Waals surface area contributed by atoms with Crippen molar-refractivity contribution in [1.29, 1.82) is 0 Å². The van der Waals surface area contributed by atoms with Gasteiger partial charge in [0.05, 0.1) is 0 Å². The molecule has 0 bridgehead atoms. The third-order valence-electron chi connectivity index (χ3n) is 9.01. The molecule has 172 valence electrons. The van der Waals surface area contributed by atoms with E-state index >= 15 is 8.78 Å². The normalized spacial score (nSPS) is 34.4. The Balaban J connectivity index is 1.34. The molecule has 4 rings (SSSR count). The Morgan fingerprint density at radius 3 is 1.65 bits per heavy atom. The highest BCUT2D eigenvalue weighted by Crippen LogP contribution is 2.45. The van der Waals surface area contributed by atoms with E-state index in [0.717, 1.165) is 95.2 Å². The van der Waals surface area contributed by atoms with Gasteiger partial charge in [0, 0.05) is 5.92 Å².